The molecule has 0 aliphatic carbocycles. The Labute approximate surface area is 196 Å². The van der Waals surface area contributed by atoms with Crippen LogP contribution in [0.4, 0.5) is 0 Å². The van der Waals surface area contributed by atoms with Gasteiger partial charge in [-0.15, -0.1) is 5.10 Å². The van der Waals surface area contributed by atoms with Crippen LogP contribution in [0.3, 0.4) is 0 Å². The number of nitrogens with zero attached hydrogens (tertiary/aromatic N) is 6. The van der Waals surface area contributed by atoms with Crippen molar-refractivity contribution >= 4 is 0 Å². The van der Waals surface area contributed by atoms with Gasteiger partial charge < -0.3 is 20.9 Å². The molecule has 1 aliphatic rings. The number of hydrogen-bond donors (Lipinski definition) is 3. The molecule has 0 aromatic carbocycles. The van der Waals surface area contributed by atoms with Crippen molar-refractivity contribution in [1.82, 2.24) is 45.8 Å². The number of rotatable bonds is 5. The summed E-state index contributed by atoms with van der Waals surface area (Å²) in [6.45, 7) is 10.1. The van der Waals surface area contributed by atoms with Gasteiger partial charge in [0, 0.05) is 50.7 Å². The first kappa shape index (κ1) is 23.4. The van der Waals surface area contributed by atoms with Crippen LogP contribution in [0.5, 0.6) is 0 Å². The molecule has 0 atom stereocenters. The van der Waals surface area contributed by atoms with E-state index >= 15 is 0 Å². The van der Waals surface area contributed by atoms with Gasteiger partial charge in [0.05, 0.1) is 29.8 Å². The Morgan fingerprint density at radius 2 is 1.58 bits per heavy atom. The minimum atomic E-state index is 0.800. The minimum absolute atomic E-state index is 0.800. The van der Waals surface area contributed by atoms with E-state index < -0.39 is 0 Å². The van der Waals surface area contributed by atoms with Crippen LogP contribution in [-0.2, 0) is 6.54 Å². The van der Waals surface area contributed by atoms with Gasteiger partial charge in [0.2, 0.25) is 0 Å². The van der Waals surface area contributed by atoms with Crippen molar-refractivity contribution in [2.75, 3.05) is 58.9 Å². The minimum Gasteiger partial charge on any atom is -0.315 e. The van der Waals surface area contributed by atoms with Crippen LogP contribution < -0.4 is 16.0 Å². The van der Waals surface area contributed by atoms with Crippen LogP contribution in [0.2, 0.25) is 0 Å². The summed E-state index contributed by atoms with van der Waals surface area (Å²) in [6.07, 6.45) is 7.75. The molecule has 0 amide bonds. The fourth-order valence-electron chi connectivity index (χ4n) is 4.02. The standard InChI is InChI=1S/C24H35N9/c1-2-10-28-22(5-1)23-19-21(6-11-29-23)24-20-30-31-33(24)18-17-32-15-4-9-26-13-12-25-7-3-8-27-14-16-32/h1-2,5-6,10-11,19-20,25-27H,3-4,7-9,12-18H2. The van der Waals surface area contributed by atoms with E-state index in [9.17, 15) is 0 Å². The summed E-state index contributed by atoms with van der Waals surface area (Å²) < 4.78 is 2.00. The Morgan fingerprint density at radius 3 is 2.42 bits per heavy atom. The van der Waals surface area contributed by atoms with E-state index in [0.717, 1.165) is 101 Å². The van der Waals surface area contributed by atoms with Gasteiger partial charge in [-0.2, -0.15) is 0 Å². The predicted molar refractivity (Wildman–Crippen MR) is 131 cm³/mol. The lowest BCUT2D eigenvalue weighted by Crippen LogP contribution is -2.38. The zero-order valence-electron chi connectivity index (χ0n) is 19.3. The van der Waals surface area contributed by atoms with Crippen molar-refractivity contribution < 1.29 is 0 Å². The van der Waals surface area contributed by atoms with Crippen molar-refractivity contribution in [3.05, 3.63) is 48.9 Å². The molecule has 9 nitrogen and oxygen atoms in total. The van der Waals surface area contributed by atoms with E-state index in [4.69, 9.17) is 0 Å². The van der Waals surface area contributed by atoms with E-state index in [1.807, 2.05) is 41.3 Å². The van der Waals surface area contributed by atoms with Gasteiger partial charge in [-0.25, -0.2) is 4.68 Å². The Hall–Kier alpha value is -2.72. The van der Waals surface area contributed by atoms with E-state index in [0.29, 0.717) is 0 Å². The monoisotopic (exact) mass is 449 g/mol. The highest BCUT2D eigenvalue weighted by Gasteiger charge is 2.12. The second-order valence-electron chi connectivity index (χ2n) is 8.29. The number of pyridine rings is 2. The molecule has 0 spiro atoms. The average Bonchev–Trinajstić information content (AvgIpc) is 3.34. The number of aromatic nitrogens is 5. The molecule has 9 heteroatoms. The summed E-state index contributed by atoms with van der Waals surface area (Å²) in [5, 5.41) is 19.2. The molecule has 1 saturated heterocycles. The molecule has 4 heterocycles. The quantitative estimate of drug-likeness (QED) is 0.536. The first-order valence-corrected chi connectivity index (χ1v) is 12.0. The summed E-state index contributed by atoms with van der Waals surface area (Å²) in [6, 6.07) is 9.93. The van der Waals surface area contributed by atoms with Gasteiger partial charge in [-0.3, -0.25) is 9.97 Å². The van der Waals surface area contributed by atoms with Crippen LogP contribution in [0.15, 0.2) is 48.9 Å². The van der Waals surface area contributed by atoms with Gasteiger partial charge in [0.1, 0.15) is 0 Å². The average molecular weight is 450 g/mol. The summed E-state index contributed by atoms with van der Waals surface area (Å²) >= 11 is 0. The fourth-order valence-corrected chi connectivity index (χ4v) is 4.02. The zero-order valence-corrected chi connectivity index (χ0v) is 19.3. The highest BCUT2D eigenvalue weighted by atomic mass is 15.4. The van der Waals surface area contributed by atoms with Crippen molar-refractivity contribution in [3.8, 4) is 22.6 Å². The van der Waals surface area contributed by atoms with Gasteiger partial charge in [-0.1, -0.05) is 11.3 Å². The van der Waals surface area contributed by atoms with Gasteiger partial charge in [-0.05, 0) is 63.3 Å². The molecule has 0 unspecified atom stereocenters. The molecule has 3 aromatic rings. The van der Waals surface area contributed by atoms with Crippen LogP contribution in [-0.4, -0.2) is 88.8 Å². The van der Waals surface area contributed by atoms with Gasteiger partial charge in [0.15, 0.2) is 0 Å². The summed E-state index contributed by atoms with van der Waals surface area (Å²) in [4.78, 5) is 11.4. The first-order valence-electron chi connectivity index (χ1n) is 12.0. The van der Waals surface area contributed by atoms with Crippen molar-refractivity contribution in [1.29, 1.82) is 0 Å². The van der Waals surface area contributed by atoms with E-state index in [2.05, 4.69) is 47.2 Å². The Morgan fingerprint density at radius 1 is 0.758 bits per heavy atom. The molecule has 3 N–H and O–H groups in total. The highest BCUT2D eigenvalue weighted by Crippen LogP contribution is 2.22. The predicted octanol–water partition coefficient (Wildman–Crippen LogP) is 1.27. The molecule has 1 aliphatic heterocycles. The maximum atomic E-state index is 4.49. The normalized spacial score (nSPS) is 17.5. The summed E-state index contributed by atoms with van der Waals surface area (Å²) in [7, 11) is 0. The Kier molecular flexibility index (Phi) is 9.30. The number of hydrogen-bond acceptors (Lipinski definition) is 8. The second-order valence-corrected chi connectivity index (χ2v) is 8.29. The lowest BCUT2D eigenvalue weighted by Gasteiger charge is -2.23. The summed E-state index contributed by atoms with van der Waals surface area (Å²) in [5.74, 6) is 0. The smallest absolute Gasteiger partial charge is 0.0892 e. The SMILES string of the molecule is c1ccc(-c2cc(-c3cnnn3CCN3CCCNCCNCCCNCC3)ccn2)nc1. The largest absolute Gasteiger partial charge is 0.315 e. The highest BCUT2D eigenvalue weighted by molar-refractivity contribution is 5.65. The van der Waals surface area contributed by atoms with Crippen molar-refractivity contribution in [2.24, 2.45) is 0 Å². The molecular weight excluding hydrogens is 414 g/mol. The second kappa shape index (κ2) is 13.1. The van der Waals surface area contributed by atoms with Crippen LogP contribution in [0.1, 0.15) is 12.8 Å². The third-order valence-electron chi connectivity index (χ3n) is 5.85. The lowest BCUT2D eigenvalue weighted by molar-refractivity contribution is 0.253. The topological polar surface area (TPSA) is 95.8 Å². The first-order chi connectivity index (χ1) is 16.4. The molecule has 0 radical (unpaired) electrons. The van der Waals surface area contributed by atoms with Crippen LogP contribution >= 0.6 is 0 Å². The molecule has 3 aromatic heterocycles. The molecule has 176 valence electrons. The van der Waals surface area contributed by atoms with Crippen LogP contribution in [0.25, 0.3) is 22.6 Å². The van der Waals surface area contributed by atoms with E-state index in [1.165, 1.54) is 0 Å². The van der Waals surface area contributed by atoms with E-state index in [1.54, 1.807) is 6.20 Å². The molecular formula is C24H35N9. The van der Waals surface area contributed by atoms with Crippen LogP contribution in [0, 0.1) is 0 Å². The lowest BCUT2D eigenvalue weighted by atomic mass is 10.1. The number of nitrogens with one attached hydrogen (secondary N) is 3. The van der Waals surface area contributed by atoms with Crippen molar-refractivity contribution in [3.63, 3.8) is 0 Å². The van der Waals surface area contributed by atoms with Gasteiger partial charge in [0.25, 0.3) is 0 Å². The van der Waals surface area contributed by atoms with E-state index in [-0.39, 0.29) is 0 Å². The Balaban J connectivity index is 1.38. The molecule has 0 saturated carbocycles. The summed E-state index contributed by atoms with van der Waals surface area (Å²) in [5.41, 5.74) is 3.77. The molecule has 1 fully saturated rings. The fraction of sp³-hybridized carbons (Fsp3) is 0.500. The maximum Gasteiger partial charge on any atom is 0.0892 e. The maximum absolute atomic E-state index is 4.49. The van der Waals surface area contributed by atoms with Crippen molar-refractivity contribution in [2.45, 2.75) is 19.4 Å². The molecule has 4 rings (SSSR count). The third-order valence-corrected chi connectivity index (χ3v) is 5.85. The Bertz CT molecular complexity index is 930. The zero-order chi connectivity index (χ0) is 22.6. The molecule has 33 heavy (non-hydrogen) atoms. The van der Waals surface area contributed by atoms with Gasteiger partial charge >= 0.3 is 0 Å². The third kappa shape index (κ3) is 7.40. The molecule has 0 bridgehead atoms.